The van der Waals surface area contributed by atoms with Crippen LogP contribution in [0.1, 0.15) is 39.0 Å². The van der Waals surface area contributed by atoms with Crippen molar-refractivity contribution in [2.24, 2.45) is 0 Å². The van der Waals surface area contributed by atoms with Gasteiger partial charge >= 0.3 is 5.69 Å². The van der Waals surface area contributed by atoms with Gasteiger partial charge < -0.3 is 14.9 Å². The van der Waals surface area contributed by atoms with Gasteiger partial charge in [0, 0.05) is 24.2 Å². The van der Waals surface area contributed by atoms with Crippen LogP contribution >= 0.6 is 0 Å². The predicted octanol–water partition coefficient (Wildman–Crippen LogP) is -1.27. The van der Waals surface area contributed by atoms with Crippen molar-refractivity contribution < 1.29 is 24.5 Å². The molecule has 2 amide bonds. The van der Waals surface area contributed by atoms with E-state index in [0.29, 0.717) is 0 Å². The number of rotatable bonds is 3. The minimum absolute atomic E-state index is 0.0245. The quantitative estimate of drug-likeness (QED) is 0.556. The van der Waals surface area contributed by atoms with E-state index in [1.54, 1.807) is 20.8 Å². The summed E-state index contributed by atoms with van der Waals surface area (Å²) in [6.45, 7) is 4.63. The molecule has 3 atom stereocenters. The van der Waals surface area contributed by atoms with Gasteiger partial charge in [0.1, 0.15) is 12.3 Å². The van der Waals surface area contributed by atoms with Crippen LogP contribution in [0.15, 0.2) is 21.9 Å². The maximum absolute atomic E-state index is 12.7. The van der Waals surface area contributed by atoms with Crippen LogP contribution in [0.4, 0.5) is 0 Å². The number of nitrogens with one attached hydrogen (secondary N) is 1. The van der Waals surface area contributed by atoms with Crippen LogP contribution in [0.3, 0.4) is 0 Å². The molecule has 0 spiro atoms. The van der Waals surface area contributed by atoms with E-state index in [1.807, 2.05) is 0 Å². The largest absolute Gasteiger partial charge is 0.394 e. The molecule has 146 valence electrons. The van der Waals surface area contributed by atoms with Crippen molar-refractivity contribution in [1.82, 2.24) is 14.5 Å². The molecule has 0 saturated carbocycles. The lowest BCUT2D eigenvalue weighted by Crippen LogP contribution is -2.46. The summed E-state index contributed by atoms with van der Waals surface area (Å²) in [7, 11) is 0. The lowest BCUT2D eigenvalue weighted by atomic mass is 10.1. The Morgan fingerprint density at radius 1 is 1.26 bits per heavy atom. The Kier molecular flexibility index (Phi) is 4.66. The van der Waals surface area contributed by atoms with Gasteiger partial charge in [0.2, 0.25) is 0 Å². The Balaban J connectivity index is 2.03. The zero-order valence-electron chi connectivity index (χ0n) is 15.1. The van der Waals surface area contributed by atoms with Crippen LogP contribution in [0.2, 0.25) is 0 Å². The van der Waals surface area contributed by atoms with Crippen LogP contribution in [0, 0.1) is 0 Å². The Morgan fingerprint density at radius 2 is 1.93 bits per heavy atom. The number of carbonyl (C=O) groups is 2. The fourth-order valence-corrected chi connectivity index (χ4v) is 3.24. The van der Waals surface area contributed by atoms with E-state index >= 15 is 0 Å². The van der Waals surface area contributed by atoms with Crippen LogP contribution in [-0.4, -0.2) is 60.8 Å². The molecular weight excluding hydrogens is 358 g/mol. The van der Waals surface area contributed by atoms with E-state index < -0.39 is 53.6 Å². The number of hydrogen-bond acceptors (Lipinski definition) is 7. The van der Waals surface area contributed by atoms with E-state index in [1.165, 1.54) is 0 Å². The number of carbonyl (C=O) groups excluding carboxylic acids is 2. The van der Waals surface area contributed by atoms with Crippen molar-refractivity contribution in [2.45, 2.75) is 51.2 Å². The summed E-state index contributed by atoms with van der Waals surface area (Å²) in [5, 5.41) is 19.0. The second-order valence-corrected chi connectivity index (χ2v) is 7.53. The van der Waals surface area contributed by atoms with Gasteiger partial charge in [-0.2, -0.15) is 0 Å². The highest BCUT2D eigenvalue weighted by Crippen LogP contribution is 2.30. The first-order chi connectivity index (χ1) is 12.5. The molecule has 2 aliphatic rings. The molecule has 0 radical (unpaired) electrons. The fourth-order valence-electron chi connectivity index (χ4n) is 3.24. The first-order valence-corrected chi connectivity index (χ1v) is 8.45. The molecule has 10 nitrogen and oxygen atoms in total. The van der Waals surface area contributed by atoms with Crippen molar-refractivity contribution in [3.63, 3.8) is 0 Å². The predicted molar refractivity (Wildman–Crippen MR) is 92.5 cm³/mol. The monoisotopic (exact) mass is 379 g/mol. The van der Waals surface area contributed by atoms with Crippen LogP contribution in [-0.2, 0) is 14.3 Å². The number of aliphatic hydroxyl groups excluding tert-OH is 2. The summed E-state index contributed by atoms with van der Waals surface area (Å²) in [6.07, 6.45) is -0.534. The number of ether oxygens (including phenoxy) is 1. The normalized spacial score (nSPS) is 26.0. The molecule has 0 aliphatic carbocycles. The molecular formula is C17H21N3O7. The molecule has 27 heavy (non-hydrogen) atoms. The van der Waals surface area contributed by atoms with Crippen LogP contribution in [0.5, 0.6) is 0 Å². The first kappa shape index (κ1) is 19.2. The zero-order valence-corrected chi connectivity index (χ0v) is 15.1. The number of H-pyrrole nitrogens is 1. The summed E-state index contributed by atoms with van der Waals surface area (Å²) in [6, 6.07) is 0. The minimum atomic E-state index is -0.979. The van der Waals surface area contributed by atoms with E-state index in [9.17, 15) is 29.4 Å². The summed E-state index contributed by atoms with van der Waals surface area (Å²) >= 11 is 0. The van der Waals surface area contributed by atoms with E-state index in [4.69, 9.17) is 4.74 Å². The molecule has 1 aromatic rings. The average Bonchev–Trinajstić information content (AvgIpc) is 3.06. The standard InChI is InChI=1S/C17H21N3O7/c1-17(2,3)20-12(23)4-8(15(20)25)9-6-19(16(26)18-14(9)24)13-5-10(22)11(7-21)27-13/h4,6,10-11,13,21-22H,5,7H2,1-3H3,(H,18,24,26)/t10-,11+,13+/m0/s1. The maximum atomic E-state index is 12.7. The van der Waals surface area contributed by atoms with E-state index in [2.05, 4.69) is 4.98 Å². The molecule has 1 fully saturated rings. The molecule has 3 rings (SSSR count). The van der Waals surface area contributed by atoms with Crippen molar-refractivity contribution in [3.8, 4) is 0 Å². The Bertz CT molecular complexity index is 937. The van der Waals surface area contributed by atoms with Gasteiger partial charge in [-0.25, -0.2) is 4.79 Å². The molecule has 0 unspecified atom stereocenters. The fraction of sp³-hybridized carbons (Fsp3) is 0.529. The molecule has 1 saturated heterocycles. The van der Waals surface area contributed by atoms with Crippen molar-refractivity contribution in [2.75, 3.05) is 6.61 Å². The summed E-state index contributed by atoms with van der Waals surface area (Å²) in [5.41, 5.74) is -2.64. The Morgan fingerprint density at radius 3 is 2.44 bits per heavy atom. The van der Waals surface area contributed by atoms with Crippen molar-refractivity contribution >= 4 is 17.4 Å². The second kappa shape index (κ2) is 6.55. The first-order valence-electron chi connectivity index (χ1n) is 8.45. The molecule has 2 aliphatic heterocycles. The minimum Gasteiger partial charge on any atom is -0.394 e. The Hall–Kier alpha value is -2.56. The van der Waals surface area contributed by atoms with E-state index in [0.717, 1.165) is 21.7 Å². The smallest absolute Gasteiger partial charge is 0.330 e. The number of hydrogen-bond donors (Lipinski definition) is 3. The SMILES string of the molecule is CC(C)(C)N1C(=O)C=C(c2cn([C@H]3C[C@H](O)[C@@H](CO)O3)c(=O)[nH]c2=O)C1=O. The van der Waals surface area contributed by atoms with Gasteiger partial charge in [-0.3, -0.25) is 28.8 Å². The number of nitrogens with zero attached hydrogens (tertiary/aromatic N) is 2. The van der Waals surface area contributed by atoms with Crippen molar-refractivity contribution in [3.05, 3.63) is 38.7 Å². The van der Waals surface area contributed by atoms with Gasteiger partial charge in [0.25, 0.3) is 17.4 Å². The molecule has 3 heterocycles. The second-order valence-electron chi connectivity index (χ2n) is 7.53. The lowest BCUT2D eigenvalue weighted by molar-refractivity contribution is -0.141. The number of imide groups is 1. The van der Waals surface area contributed by atoms with E-state index in [-0.39, 0.29) is 17.6 Å². The summed E-state index contributed by atoms with van der Waals surface area (Å²) in [5.74, 6) is -1.18. The highest BCUT2D eigenvalue weighted by atomic mass is 16.5. The third-order valence-corrected chi connectivity index (χ3v) is 4.54. The maximum Gasteiger partial charge on any atom is 0.330 e. The lowest BCUT2D eigenvalue weighted by Gasteiger charge is -2.30. The Labute approximate surface area is 153 Å². The average molecular weight is 379 g/mol. The summed E-state index contributed by atoms with van der Waals surface area (Å²) < 4.78 is 6.47. The van der Waals surface area contributed by atoms with Gasteiger partial charge in [-0.1, -0.05) is 0 Å². The molecule has 3 N–H and O–H groups in total. The number of amides is 2. The van der Waals surface area contributed by atoms with Gasteiger partial charge in [0.15, 0.2) is 0 Å². The van der Waals surface area contributed by atoms with Gasteiger partial charge in [0.05, 0.1) is 23.8 Å². The number of aromatic amines is 1. The third kappa shape index (κ3) is 3.27. The molecule has 0 bridgehead atoms. The summed E-state index contributed by atoms with van der Waals surface area (Å²) in [4.78, 5) is 52.5. The van der Waals surface area contributed by atoms with Crippen LogP contribution in [0.25, 0.3) is 5.57 Å². The van der Waals surface area contributed by atoms with Gasteiger partial charge in [-0.15, -0.1) is 0 Å². The van der Waals surface area contributed by atoms with Crippen LogP contribution < -0.4 is 11.2 Å². The molecule has 1 aromatic heterocycles. The number of aliphatic hydroxyl groups is 2. The third-order valence-electron chi connectivity index (χ3n) is 4.54. The molecule has 10 heteroatoms. The highest BCUT2D eigenvalue weighted by molar-refractivity contribution is 6.33. The number of aromatic nitrogens is 2. The topological polar surface area (TPSA) is 142 Å². The zero-order chi connectivity index (χ0) is 20.1. The molecule has 0 aromatic carbocycles. The van der Waals surface area contributed by atoms with Crippen molar-refractivity contribution in [1.29, 1.82) is 0 Å². The highest BCUT2D eigenvalue weighted by Gasteiger charge is 2.40. The van der Waals surface area contributed by atoms with Gasteiger partial charge in [-0.05, 0) is 20.8 Å².